The first-order valence-electron chi connectivity index (χ1n) is 8.72. The van der Waals surface area contributed by atoms with E-state index in [2.05, 4.69) is 31.5 Å². The zero-order chi connectivity index (χ0) is 17.6. The van der Waals surface area contributed by atoms with Crippen molar-refractivity contribution >= 4 is 27.1 Å². The zero-order valence-corrected chi connectivity index (χ0v) is 15.3. The minimum Gasteiger partial charge on any atom is -0.356 e. The van der Waals surface area contributed by atoms with Crippen molar-refractivity contribution in [2.45, 2.75) is 38.3 Å². The molecule has 2 N–H and O–H groups in total. The van der Waals surface area contributed by atoms with E-state index in [1.807, 2.05) is 19.3 Å². The number of hydrogen-bond donors (Lipinski definition) is 2. The monoisotopic (exact) mass is 364 g/mol. The van der Waals surface area contributed by atoms with E-state index in [-0.39, 0.29) is 12.1 Å². The van der Waals surface area contributed by atoms with Crippen LogP contribution in [0.4, 0.5) is 5.82 Å². The van der Waals surface area contributed by atoms with Gasteiger partial charge in [-0.3, -0.25) is 0 Å². The van der Waals surface area contributed by atoms with Gasteiger partial charge in [0, 0.05) is 38.4 Å². The predicted octanol–water partition coefficient (Wildman–Crippen LogP) is 1.10. The van der Waals surface area contributed by atoms with Crippen molar-refractivity contribution < 1.29 is 8.42 Å². The summed E-state index contributed by atoms with van der Waals surface area (Å²) in [6.45, 7) is 3.34. The van der Waals surface area contributed by atoms with Gasteiger partial charge in [0.15, 0.2) is 0 Å². The minimum absolute atomic E-state index is 0.00286. The van der Waals surface area contributed by atoms with Gasteiger partial charge in [0.05, 0.1) is 5.39 Å². The molecule has 0 aromatic carbocycles. The first-order valence-corrected chi connectivity index (χ1v) is 10.2. The fraction of sp³-hybridized carbons (Fsp3) is 0.625. The summed E-state index contributed by atoms with van der Waals surface area (Å²) in [7, 11) is -1.35. The van der Waals surface area contributed by atoms with E-state index in [0.717, 1.165) is 36.1 Å². The van der Waals surface area contributed by atoms with Crippen LogP contribution >= 0.6 is 0 Å². The average molecular weight is 364 g/mol. The lowest BCUT2D eigenvalue weighted by atomic mass is 9.86. The van der Waals surface area contributed by atoms with E-state index < -0.39 is 10.2 Å². The van der Waals surface area contributed by atoms with Crippen LogP contribution in [0.5, 0.6) is 0 Å². The second kappa shape index (κ2) is 6.22. The van der Waals surface area contributed by atoms with Crippen LogP contribution in [0.15, 0.2) is 18.6 Å². The highest BCUT2D eigenvalue weighted by molar-refractivity contribution is 7.87. The van der Waals surface area contributed by atoms with Gasteiger partial charge in [-0.25, -0.2) is 9.97 Å². The van der Waals surface area contributed by atoms with Crippen LogP contribution in [0.1, 0.15) is 26.2 Å². The van der Waals surface area contributed by atoms with E-state index in [9.17, 15) is 8.42 Å². The van der Waals surface area contributed by atoms with Crippen LogP contribution in [0.3, 0.4) is 0 Å². The summed E-state index contributed by atoms with van der Waals surface area (Å²) in [5.74, 6) is 1.32. The highest BCUT2D eigenvalue weighted by Crippen LogP contribution is 2.31. The number of rotatable bonds is 5. The van der Waals surface area contributed by atoms with E-state index in [1.165, 1.54) is 0 Å². The van der Waals surface area contributed by atoms with Crippen molar-refractivity contribution in [3.05, 3.63) is 18.6 Å². The Morgan fingerprint density at radius 1 is 1.36 bits per heavy atom. The molecule has 0 radical (unpaired) electrons. The highest BCUT2D eigenvalue weighted by Gasteiger charge is 2.38. The Labute approximate surface area is 147 Å². The smallest absolute Gasteiger partial charge is 0.279 e. The molecular weight excluding hydrogens is 340 g/mol. The van der Waals surface area contributed by atoms with Crippen LogP contribution < -0.4 is 9.62 Å². The number of H-pyrrole nitrogens is 1. The molecule has 2 aromatic rings. The molecule has 1 unspecified atom stereocenters. The Bertz CT molecular complexity index is 860. The van der Waals surface area contributed by atoms with Crippen molar-refractivity contribution in [1.29, 1.82) is 0 Å². The number of nitrogens with zero attached hydrogens (tertiary/aromatic N) is 4. The zero-order valence-electron chi connectivity index (χ0n) is 14.5. The molecule has 2 aliphatic rings. The molecular formula is C16H24N6O2S. The predicted molar refractivity (Wildman–Crippen MR) is 96.5 cm³/mol. The van der Waals surface area contributed by atoms with E-state index >= 15 is 0 Å². The lowest BCUT2D eigenvalue weighted by Gasteiger charge is -2.42. The summed E-state index contributed by atoms with van der Waals surface area (Å²) in [5.41, 5.74) is 0.816. The summed E-state index contributed by atoms with van der Waals surface area (Å²) in [6, 6.07) is 2.24. The Hall–Kier alpha value is -1.71. The lowest BCUT2D eigenvalue weighted by Crippen LogP contribution is -2.55. The molecule has 9 heteroatoms. The number of hydrogen-bond acceptors (Lipinski definition) is 5. The number of nitrogens with one attached hydrogen (secondary N) is 2. The number of fused-ring (bicyclic) bond motifs is 1. The molecule has 0 amide bonds. The molecule has 1 saturated carbocycles. The van der Waals surface area contributed by atoms with E-state index in [4.69, 9.17) is 0 Å². The minimum atomic E-state index is -3.36. The second-order valence-electron chi connectivity index (χ2n) is 7.25. The van der Waals surface area contributed by atoms with Crippen molar-refractivity contribution in [2.75, 3.05) is 25.0 Å². The molecule has 1 saturated heterocycles. The summed E-state index contributed by atoms with van der Waals surface area (Å²) >= 11 is 0. The molecule has 1 aliphatic heterocycles. The van der Waals surface area contributed by atoms with Crippen molar-refractivity contribution in [3.63, 3.8) is 0 Å². The van der Waals surface area contributed by atoms with Gasteiger partial charge in [-0.05, 0) is 31.2 Å². The molecule has 0 spiro atoms. The Balaban J connectivity index is 1.38. The van der Waals surface area contributed by atoms with Crippen LogP contribution in [0, 0.1) is 5.92 Å². The van der Waals surface area contributed by atoms with Crippen LogP contribution in [-0.2, 0) is 10.2 Å². The maximum Gasteiger partial charge on any atom is 0.279 e. The molecule has 1 atom stereocenters. The SMILES string of the molecule is CC1CCN(S(=O)(=O)N[C@H]2C[C@H](N(C)c3ncnc4[nH]ccc34)C2)C1. The van der Waals surface area contributed by atoms with Gasteiger partial charge in [-0.15, -0.1) is 0 Å². The number of aromatic nitrogens is 3. The van der Waals surface area contributed by atoms with Crippen LogP contribution in [0.25, 0.3) is 11.0 Å². The van der Waals surface area contributed by atoms with E-state index in [0.29, 0.717) is 19.0 Å². The molecule has 3 heterocycles. The summed E-state index contributed by atoms with van der Waals surface area (Å²) in [6.07, 6.45) is 5.92. The van der Waals surface area contributed by atoms with Gasteiger partial charge in [0.2, 0.25) is 0 Å². The molecule has 1 aliphatic carbocycles. The Kier molecular flexibility index (Phi) is 4.17. The maximum atomic E-state index is 12.4. The second-order valence-corrected chi connectivity index (χ2v) is 8.95. The van der Waals surface area contributed by atoms with E-state index in [1.54, 1.807) is 10.6 Å². The lowest BCUT2D eigenvalue weighted by molar-refractivity contribution is 0.308. The average Bonchev–Trinajstić information content (AvgIpc) is 3.18. The molecule has 2 fully saturated rings. The summed E-state index contributed by atoms with van der Waals surface area (Å²) < 4.78 is 29.3. The normalized spacial score (nSPS) is 27.5. The van der Waals surface area contributed by atoms with Crippen molar-refractivity contribution in [1.82, 2.24) is 24.0 Å². The number of aromatic amines is 1. The third-order valence-electron chi connectivity index (χ3n) is 5.37. The van der Waals surface area contributed by atoms with Gasteiger partial charge in [0.25, 0.3) is 10.2 Å². The number of anilines is 1. The van der Waals surface area contributed by atoms with Gasteiger partial charge in [-0.1, -0.05) is 6.92 Å². The van der Waals surface area contributed by atoms with Gasteiger partial charge in [0.1, 0.15) is 17.8 Å². The quantitative estimate of drug-likeness (QED) is 0.829. The molecule has 4 rings (SSSR count). The fourth-order valence-electron chi connectivity index (χ4n) is 3.71. The topological polar surface area (TPSA) is 94.2 Å². The molecule has 25 heavy (non-hydrogen) atoms. The standard InChI is InChI=1S/C16H24N6O2S/c1-11-4-6-22(9-11)25(23,24)20-12-7-13(8-12)21(2)16-14-3-5-17-15(14)18-10-19-16/h3,5,10-13,20H,4,6-9H2,1-2H3,(H,17,18,19)/t11?,12-,13-. The third kappa shape index (κ3) is 3.11. The molecule has 0 bridgehead atoms. The first-order chi connectivity index (χ1) is 11.9. The highest BCUT2D eigenvalue weighted by atomic mass is 32.2. The van der Waals surface area contributed by atoms with Gasteiger partial charge < -0.3 is 9.88 Å². The molecule has 2 aromatic heterocycles. The third-order valence-corrected chi connectivity index (χ3v) is 7.01. The summed E-state index contributed by atoms with van der Waals surface area (Å²) in [5, 5.41) is 0.986. The van der Waals surface area contributed by atoms with Gasteiger partial charge >= 0.3 is 0 Å². The largest absolute Gasteiger partial charge is 0.356 e. The van der Waals surface area contributed by atoms with Crippen molar-refractivity contribution in [2.24, 2.45) is 5.92 Å². The Morgan fingerprint density at radius 3 is 2.88 bits per heavy atom. The molecule has 8 nitrogen and oxygen atoms in total. The molecule has 136 valence electrons. The first kappa shape index (κ1) is 16.7. The summed E-state index contributed by atoms with van der Waals surface area (Å²) in [4.78, 5) is 13.8. The van der Waals surface area contributed by atoms with Crippen LogP contribution in [0.2, 0.25) is 0 Å². The fourth-order valence-corrected chi connectivity index (χ4v) is 5.27. The van der Waals surface area contributed by atoms with Gasteiger partial charge in [-0.2, -0.15) is 17.4 Å². The maximum absolute atomic E-state index is 12.4. The van der Waals surface area contributed by atoms with Crippen LogP contribution in [-0.4, -0.2) is 59.9 Å². The van der Waals surface area contributed by atoms with Crippen molar-refractivity contribution in [3.8, 4) is 0 Å². The Morgan fingerprint density at radius 2 is 2.16 bits per heavy atom.